The Labute approximate surface area is 297 Å². The third-order valence-corrected chi connectivity index (χ3v) is 10.8. The molecule has 0 heterocycles. The van der Waals surface area contributed by atoms with Gasteiger partial charge in [0, 0.05) is 19.0 Å². The van der Waals surface area contributed by atoms with Crippen LogP contribution < -0.4 is 0 Å². The minimum absolute atomic E-state index is 0.105. The van der Waals surface area contributed by atoms with E-state index in [2.05, 4.69) is 13.8 Å². The zero-order valence-electron chi connectivity index (χ0n) is 32.5. The van der Waals surface area contributed by atoms with Gasteiger partial charge in [0.15, 0.2) is 6.10 Å². The molecule has 286 valence electrons. The number of hydrogen-bond acceptors (Lipinski definition) is 7. The van der Waals surface area contributed by atoms with Gasteiger partial charge in [-0.25, -0.2) is 0 Å². The van der Waals surface area contributed by atoms with Gasteiger partial charge in [-0.3, -0.25) is 14.2 Å². The predicted molar refractivity (Wildman–Crippen MR) is 201 cm³/mol. The Morgan fingerprint density at radius 2 is 0.958 bits per heavy atom. The summed E-state index contributed by atoms with van der Waals surface area (Å²) in [5.41, 5.74) is 0. The molecule has 0 aliphatic rings. The number of esters is 2. The zero-order valence-corrected chi connectivity index (χ0v) is 33.4. The Morgan fingerprint density at radius 3 is 1.38 bits per heavy atom. The predicted octanol–water partition coefficient (Wildman–Crippen LogP) is 11.2. The molecule has 0 amide bonds. The van der Waals surface area contributed by atoms with Crippen LogP contribution in [-0.2, 0) is 32.7 Å². The first-order valence-electron chi connectivity index (χ1n) is 20.1. The Bertz CT molecular complexity index is 802. The Morgan fingerprint density at radius 1 is 0.542 bits per heavy atom. The van der Waals surface area contributed by atoms with Gasteiger partial charge in [0.25, 0.3) is 0 Å². The van der Waals surface area contributed by atoms with Crippen molar-refractivity contribution in [2.24, 2.45) is 0 Å². The Balaban J connectivity index is 4.64. The van der Waals surface area contributed by atoms with Crippen LogP contribution in [-0.4, -0.2) is 76.2 Å². The van der Waals surface area contributed by atoms with Gasteiger partial charge in [0.1, 0.15) is 19.8 Å². The first-order chi connectivity index (χ1) is 23.0. The number of ether oxygens (including phenoxy) is 2. The molecular weight excluding hydrogens is 625 g/mol. The molecule has 0 bridgehead atoms. The van der Waals surface area contributed by atoms with Gasteiger partial charge in [-0.2, -0.15) is 0 Å². The van der Waals surface area contributed by atoms with Crippen LogP contribution in [0, 0.1) is 0 Å². The maximum Gasteiger partial charge on any atom is 0.331 e. The summed E-state index contributed by atoms with van der Waals surface area (Å²) >= 11 is 0. The molecular formula is C39H79NO7P+. The van der Waals surface area contributed by atoms with E-state index >= 15 is 0 Å². The van der Waals surface area contributed by atoms with Crippen molar-refractivity contribution < 1.29 is 37.2 Å². The lowest BCUT2D eigenvalue weighted by Crippen LogP contribution is -2.37. The fourth-order valence-electron chi connectivity index (χ4n) is 5.58. The van der Waals surface area contributed by atoms with Gasteiger partial charge in [0.2, 0.25) is 0 Å². The minimum Gasteiger partial charge on any atom is -0.462 e. The number of unbranched alkanes of at least 4 members (excludes halogenated alkanes) is 20. The van der Waals surface area contributed by atoms with E-state index in [1.165, 1.54) is 103 Å². The smallest absolute Gasteiger partial charge is 0.331 e. The fourth-order valence-corrected chi connectivity index (χ4v) is 7.21. The van der Waals surface area contributed by atoms with Gasteiger partial charge >= 0.3 is 19.5 Å². The normalized spacial score (nSPS) is 13.7. The van der Waals surface area contributed by atoms with E-state index in [0.29, 0.717) is 36.9 Å². The number of hydrogen-bond donors (Lipinski definition) is 0. The van der Waals surface area contributed by atoms with Crippen LogP contribution >= 0.6 is 7.60 Å². The monoisotopic (exact) mass is 705 g/mol. The second-order valence-electron chi connectivity index (χ2n) is 14.8. The Kier molecular flexibility index (Phi) is 31.4. The molecule has 48 heavy (non-hydrogen) atoms. The average Bonchev–Trinajstić information content (AvgIpc) is 3.03. The van der Waals surface area contributed by atoms with Crippen molar-refractivity contribution in [3.63, 3.8) is 0 Å². The summed E-state index contributed by atoms with van der Waals surface area (Å²) in [4.78, 5) is 25.3. The van der Waals surface area contributed by atoms with Crippen molar-refractivity contribution in [3.8, 4) is 0 Å². The van der Waals surface area contributed by atoms with Gasteiger partial charge in [-0.1, -0.05) is 149 Å². The molecule has 0 aliphatic heterocycles. The highest BCUT2D eigenvalue weighted by Gasteiger charge is 2.28. The first kappa shape index (κ1) is 47.0. The molecule has 0 spiro atoms. The lowest BCUT2D eigenvalue weighted by Gasteiger charge is -2.26. The van der Waals surface area contributed by atoms with Gasteiger partial charge < -0.3 is 23.0 Å². The molecule has 0 aromatic carbocycles. The van der Waals surface area contributed by atoms with E-state index in [1.807, 2.05) is 28.1 Å². The second kappa shape index (κ2) is 32.0. The van der Waals surface area contributed by atoms with E-state index in [-0.39, 0.29) is 31.3 Å². The number of quaternary nitrogens is 1. The van der Waals surface area contributed by atoms with E-state index in [0.717, 1.165) is 38.5 Å². The maximum absolute atomic E-state index is 13.4. The summed E-state index contributed by atoms with van der Waals surface area (Å²) in [5, 5.41) is 0. The van der Waals surface area contributed by atoms with E-state index in [9.17, 15) is 14.2 Å². The minimum atomic E-state index is -3.38. The topological polar surface area (TPSA) is 88.1 Å². The zero-order chi connectivity index (χ0) is 35.8. The van der Waals surface area contributed by atoms with E-state index in [1.54, 1.807) is 0 Å². The summed E-state index contributed by atoms with van der Waals surface area (Å²) < 4.78 is 37.0. The number of carbonyl (C=O) groups is 2. The van der Waals surface area contributed by atoms with Crippen molar-refractivity contribution in [1.29, 1.82) is 0 Å². The second-order valence-corrected chi connectivity index (χ2v) is 17.0. The fraction of sp³-hybridized carbons (Fsp3) is 0.949. The molecule has 0 fully saturated rings. The molecule has 0 N–H and O–H groups in total. The molecule has 2 unspecified atom stereocenters. The highest BCUT2D eigenvalue weighted by Crippen LogP contribution is 2.48. The van der Waals surface area contributed by atoms with E-state index in [4.69, 9.17) is 18.5 Å². The standard InChI is InChI=1S/C39H79NO7P/c1-7-10-12-14-16-18-20-22-24-26-28-30-38(41)44-35-37(36-46-48(43,34-9-3)45-33-32-40(4,5)6)47-39(42)31-29-27-25-23-21-19-17-15-13-11-8-2/h37H,7-36H2,1-6H3/q+1. The summed E-state index contributed by atoms with van der Waals surface area (Å²) in [7, 11) is 2.76. The quantitative estimate of drug-likeness (QED) is 0.0278. The van der Waals surface area contributed by atoms with Crippen LogP contribution in [0.1, 0.15) is 181 Å². The maximum atomic E-state index is 13.4. The van der Waals surface area contributed by atoms with Crippen LogP contribution in [0.3, 0.4) is 0 Å². The van der Waals surface area contributed by atoms with Crippen molar-refractivity contribution in [2.45, 2.75) is 187 Å². The van der Waals surface area contributed by atoms with Crippen molar-refractivity contribution in [2.75, 3.05) is 53.7 Å². The molecule has 8 nitrogen and oxygen atoms in total. The molecule has 0 radical (unpaired) electrons. The molecule has 0 saturated heterocycles. The van der Waals surface area contributed by atoms with Crippen molar-refractivity contribution in [1.82, 2.24) is 0 Å². The largest absolute Gasteiger partial charge is 0.462 e. The van der Waals surface area contributed by atoms with Crippen molar-refractivity contribution in [3.05, 3.63) is 0 Å². The lowest BCUT2D eigenvalue weighted by atomic mass is 10.1. The lowest BCUT2D eigenvalue weighted by molar-refractivity contribution is -0.870. The summed E-state index contributed by atoms with van der Waals surface area (Å²) in [5.74, 6) is -0.634. The van der Waals surface area contributed by atoms with Gasteiger partial charge in [-0.15, -0.1) is 0 Å². The van der Waals surface area contributed by atoms with Crippen LogP contribution in [0.5, 0.6) is 0 Å². The summed E-state index contributed by atoms with van der Waals surface area (Å²) in [6, 6.07) is 0. The molecule has 0 aromatic heterocycles. The third kappa shape index (κ3) is 32.3. The van der Waals surface area contributed by atoms with Crippen LogP contribution in [0.25, 0.3) is 0 Å². The van der Waals surface area contributed by atoms with Crippen LogP contribution in [0.2, 0.25) is 0 Å². The molecule has 0 saturated carbocycles. The average molecular weight is 705 g/mol. The molecule has 9 heteroatoms. The molecule has 0 aliphatic carbocycles. The Hall–Kier alpha value is -0.950. The third-order valence-electron chi connectivity index (χ3n) is 8.70. The summed E-state index contributed by atoms with van der Waals surface area (Å²) in [6.07, 6.45) is 27.4. The summed E-state index contributed by atoms with van der Waals surface area (Å²) in [6.45, 7) is 7.18. The van der Waals surface area contributed by atoms with Crippen molar-refractivity contribution >= 4 is 19.5 Å². The number of carbonyl (C=O) groups excluding carboxylic acids is 2. The van der Waals surface area contributed by atoms with Crippen LogP contribution in [0.4, 0.5) is 0 Å². The number of likely N-dealkylation sites (N-methyl/N-ethyl adjacent to an activating group) is 1. The SMILES string of the molecule is CCCCCCCCCCCCCC(=O)OCC(COP(=O)(CCC)OCC[N+](C)(C)C)OC(=O)CCCCCCCCCCCCC. The number of rotatable bonds is 36. The number of nitrogens with zero attached hydrogens (tertiary/aromatic N) is 1. The van der Waals surface area contributed by atoms with Gasteiger partial charge in [0.05, 0.1) is 27.7 Å². The van der Waals surface area contributed by atoms with E-state index < -0.39 is 13.7 Å². The highest BCUT2D eigenvalue weighted by molar-refractivity contribution is 7.53. The molecule has 2 atom stereocenters. The van der Waals surface area contributed by atoms with Crippen LogP contribution in [0.15, 0.2) is 0 Å². The van der Waals surface area contributed by atoms with Gasteiger partial charge in [-0.05, 0) is 19.3 Å². The highest BCUT2D eigenvalue weighted by atomic mass is 31.2. The molecule has 0 aromatic rings. The molecule has 0 rings (SSSR count). The first-order valence-corrected chi connectivity index (χ1v) is 21.8.